The third-order valence-electron chi connectivity index (χ3n) is 2.86. The maximum Gasteiger partial charge on any atom is 3.00 e. The molecule has 0 atom stereocenters. The Morgan fingerprint density at radius 2 is 1.60 bits per heavy atom. The van der Waals surface area contributed by atoms with E-state index in [2.05, 4.69) is 45.9 Å². The molecule has 1 aliphatic rings. The third-order valence-corrected chi connectivity index (χ3v) is 2.86. The average molecular weight is 438 g/mol. The quantitative estimate of drug-likeness (QED) is 0.447. The standard InChI is InChI=1S/C11H16O2.C6H7.2CH3.2ClH.Si.Ti/c1-11(2,3)8-5-9(12)7-10(6-8)13-4;1-6-4-2-3-5-6;;;;;;/h5-7,12H,1-4H3;2,4H,3H2,1H3;2*1H3;2*1H;;/q;3*-1;;;;+3. The molecular weight excluding hydrogens is 407 g/mol. The van der Waals surface area contributed by atoms with E-state index in [-0.39, 0.29) is 83.5 Å². The summed E-state index contributed by atoms with van der Waals surface area (Å²) in [6, 6.07) is 5.32. The van der Waals surface area contributed by atoms with Crippen molar-refractivity contribution in [3.05, 3.63) is 62.4 Å². The molecule has 1 N–H and O–H groups in total. The average Bonchev–Trinajstić information content (AvgIpc) is 2.79. The molecule has 0 fully saturated rings. The van der Waals surface area contributed by atoms with Crippen LogP contribution in [0.5, 0.6) is 11.5 Å². The Bertz CT molecular complexity index is 496. The molecule has 0 aromatic heterocycles. The fourth-order valence-corrected chi connectivity index (χ4v) is 1.65. The number of halogens is 2. The summed E-state index contributed by atoms with van der Waals surface area (Å²) in [5.74, 6) is 0.953. The molecule has 2 rings (SSSR count). The predicted molar refractivity (Wildman–Crippen MR) is 113 cm³/mol. The first-order valence-corrected chi connectivity index (χ1v) is 6.45. The largest absolute Gasteiger partial charge is 3.00 e. The second-order valence-corrected chi connectivity index (χ2v) is 5.64. The number of aromatic hydroxyl groups is 1. The number of hydrogen-bond donors (Lipinski definition) is 1. The second-order valence-electron chi connectivity index (χ2n) is 5.64. The number of ether oxygens (including phenoxy) is 1. The SMILES string of the molecule is CC1=[C-]CC=C1.COc1cc(O)cc(C(C)(C)C)c1.Cl.Cl.[CH3-].[CH3-].[Si].[Ti+3]. The molecule has 5 radical (unpaired) electrons. The van der Waals surface area contributed by atoms with Gasteiger partial charge in [-0.3, -0.25) is 6.08 Å². The van der Waals surface area contributed by atoms with Gasteiger partial charge in [-0.15, -0.1) is 31.2 Å². The maximum absolute atomic E-state index is 9.41. The van der Waals surface area contributed by atoms with E-state index in [1.807, 2.05) is 6.07 Å². The monoisotopic (exact) mass is 437 g/mol. The van der Waals surface area contributed by atoms with E-state index in [4.69, 9.17) is 4.74 Å². The number of phenols is 1. The zero-order valence-electron chi connectivity index (χ0n) is 16.3. The molecule has 25 heavy (non-hydrogen) atoms. The predicted octanol–water partition coefficient (Wildman–Crippen LogP) is 5.75. The number of phenolic OH excluding ortho intramolecular Hbond substituents is 1. The van der Waals surface area contributed by atoms with Gasteiger partial charge in [0.1, 0.15) is 11.5 Å². The van der Waals surface area contributed by atoms with E-state index in [1.54, 1.807) is 19.2 Å². The Hall–Kier alpha value is -0.189. The van der Waals surface area contributed by atoms with Gasteiger partial charge in [-0.2, -0.15) is 6.08 Å². The smallest absolute Gasteiger partial charge is 0.508 e. The fourth-order valence-electron chi connectivity index (χ4n) is 1.65. The first-order chi connectivity index (χ1) is 8.82. The first kappa shape index (κ1) is 39.8. The van der Waals surface area contributed by atoms with Crippen molar-refractivity contribution in [2.75, 3.05) is 7.11 Å². The Morgan fingerprint density at radius 1 is 1.08 bits per heavy atom. The van der Waals surface area contributed by atoms with Crippen LogP contribution in [0.4, 0.5) is 0 Å². The maximum atomic E-state index is 9.41. The van der Waals surface area contributed by atoms with E-state index in [1.165, 1.54) is 5.57 Å². The summed E-state index contributed by atoms with van der Waals surface area (Å²) in [6.45, 7) is 8.35. The van der Waals surface area contributed by atoms with Crippen LogP contribution in [0.15, 0.2) is 35.9 Å². The fraction of sp³-hybridized carbons (Fsp3) is 0.368. The molecule has 141 valence electrons. The van der Waals surface area contributed by atoms with Gasteiger partial charge < -0.3 is 24.7 Å². The molecule has 0 heterocycles. The van der Waals surface area contributed by atoms with Crippen LogP contribution in [0, 0.1) is 20.9 Å². The van der Waals surface area contributed by atoms with Gasteiger partial charge in [0.25, 0.3) is 0 Å². The minimum absolute atomic E-state index is 0. The van der Waals surface area contributed by atoms with Gasteiger partial charge in [0.2, 0.25) is 0 Å². The molecule has 0 unspecified atom stereocenters. The summed E-state index contributed by atoms with van der Waals surface area (Å²) in [4.78, 5) is 0. The summed E-state index contributed by atoms with van der Waals surface area (Å²) in [5.41, 5.74) is 2.38. The van der Waals surface area contributed by atoms with E-state index in [0.29, 0.717) is 5.75 Å². The Morgan fingerprint density at radius 3 is 1.88 bits per heavy atom. The summed E-state index contributed by atoms with van der Waals surface area (Å²) < 4.78 is 5.07. The second kappa shape index (κ2) is 18.6. The topological polar surface area (TPSA) is 29.5 Å². The van der Waals surface area contributed by atoms with Crippen molar-refractivity contribution in [2.24, 2.45) is 0 Å². The molecule has 1 aromatic carbocycles. The summed E-state index contributed by atoms with van der Waals surface area (Å²) in [6.07, 6.45) is 8.33. The molecule has 6 heteroatoms. The zero-order valence-corrected chi connectivity index (χ0v) is 20.5. The minimum Gasteiger partial charge on any atom is -0.508 e. The summed E-state index contributed by atoms with van der Waals surface area (Å²) in [7, 11) is 1.60. The van der Waals surface area contributed by atoms with Crippen LogP contribution >= 0.6 is 24.8 Å². The summed E-state index contributed by atoms with van der Waals surface area (Å²) in [5, 5.41) is 9.41. The number of benzene rings is 1. The van der Waals surface area contributed by atoms with Crippen LogP contribution < -0.4 is 4.74 Å². The van der Waals surface area contributed by atoms with Crippen LogP contribution in [0.2, 0.25) is 0 Å². The van der Waals surface area contributed by atoms with Crippen molar-refractivity contribution in [3.8, 4) is 11.5 Å². The van der Waals surface area contributed by atoms with Crippen LogP contribution in [-0.4, -0.2) is 23.2 Å². The van der Waals surface area contributed by atoms with Crippen molar-refractivity contribution in [1.82, 2.24) is 0 Å². The van der Waals surface area contributed by atoms with Gasteiger partial charge in [-0.1, -0.05) is 27.7 Å². The molecule has 1 aliphatic carbocycles. The van der Waals surface area contributed by atoms with Crippen LogP contribution in [0.25, 0.3) is 0 Å². The van der Waals surface area contributed by atoms with Gasteiger partial charge in [-0.25, -0.2) is 11.6 Å². The van der Waals surface area contributed by atoms with E-state index < -0.39 is 0 Å². The molecule has 0 aliphatic heterocycles. The molecule has 0 bridgehead atoms. The van der Waals surface area contributed by atoms with Gasteiger partial charge in [0, 0.05) is 17.0 Å². The molecule has 0 saturated carbocycles. The van der Waals surface area contributed by atoms with Crippen LogP contribution in [0.3, 0.4) is 0 Å². The molecule has 2 nitrogen and oxygen atoms in total. The van der Waals surface area contributed by atoms with Crippen LogP contribution in [-0.2, 0) is 27.1 Å². The Kier molecular flexibility index (Phi) is 29.6. The van der Waals surface area contributed by atoms with E-state index >= 15 is 0 Å². The number of hydrogen-bond acceptors (Lipinski definition) is 2. The third kappa shape index (κ3) is 15.8. The number of methoxy groups -OCH3 is 1. The van der Waals surface area contributed by atoms with Gasteiger partial charge in [-0.05, 0) is 23.1 Å². The van der Waals surface area contributed by atoms with Gasteiger partial charge in [0.15, 0.2) is 0 Å². The Labute approximate surface area is 187 Å². The van der Waals surface area contributed by atoms with Crippen molar-refractivity contribution in [3.63, 3.8) is 0 Å². The van der Waals surface area contributed by atoms with Gasteiger partial charge in [0.05, 0.1) is 7.11 Å². The van der Waals surface area contributed by atoms with Crippen molar-refractivity contribution >= 4 is 35.8 Å². The number of rotatable bonds is 1. The minimum atomic E-state index is 0. The molecule has 0 amide bonds. The first-order valence-electron chi connectivity index (χ1n) is 6.45. The normalized spacial score (nSPS) is 10.4. The Balaban J connectivity index is -0.0000000665. The molecule has 1 aromatic rings. The molecule has 0 spiro atoms. The van der Waals surface area contributed by atoms with Crippen molar-refractivity contribution in [2.45, 2.75) is 39.5 Å². The number of allylic oxidation sites excluding steroid dienone is 4. The van der Waals surface area contributed by atoms with E-state index in [0.717, 1.165) is 12.0 Å². The van der Waals surface area contributed by atoms with Crippen molar-refractivity contribution in [1.29, 1.82) is 0 Å². The molecule has 0 saturated heterocycles. The van der Waals surface area contributed by atoms with Crippen molar-refractivity contribution < 1.29 is 31.6 Å². The van der Waals surface area contributed by atoms with Gasteiger partial charge >= 0.3 is 21.7 Å². The van der Waals surface area contributed by atoms with Crippen LogP contribution in [0.1, 0.15) is 39.7 Å². The summed E-state index contributed by atoms with van der Waals surface area (Å²) >= 11 is 0. The van der Waals surface area contributed by atoms with E-state index in [9.17, 15) is 5.11 Å². The zero-order chi connectivity index (χ0) is 14.5. The molecular formula is C19H31Cl2O2SiTi.